The van der Waals surface area contributed by atoms with Crippen molar-refractivity contribution in [1.29, 1.82) is 0 Å². The fourth-order valence-electron chi connectivity index (χ4n) is 8.23. The normalized spacial score (nSPS) is 40.7. The Morgan fingerprint density at radius 2 is 2.00 bits per heavy atom. The van der Waals surface area contributed by atoms with Gasteiger partial charge in [-0.05, 0) is 110 Å². The summed E-state index contributed by atoms with van der Waals surface area (Å²) in [6.45, 7) is 8.74. The first kappa shape index (κ1) is 19.8. The molecule has 5 aliphatic rings. The number of rotatable bonds is 3. The molecule has 3 unspecified atom stereocenters. The number of benzene rings is 1. The summed E-state index contributed by atoms with van der Waals surface area (Å²) in [6.07, 6.45) is 22.9. The standard InChI is InChI=1S/C30H36O/c1-4-8-22-10-11-23(19-21(22)5-2)26-12-13-27-28(26,3)16-14-25-20-24-9-6-7-15-29(24)17-18-30(25,27)31-29/h4-5,8,10-11,14,19-20,26-27H,2,6-7,9,12-13,15-18H2,1,3H3/b8-4-/t26?,27?,28?,29-,30+/m0/s1. The van der Waals surface area contributed by atoms with Gasteiger partial charge in [-0.2, -0.15) is 0 Å². The van der Waals surface area contributed by atoms with E-state index in [1.807, 2.05) is 6.08 Å². The van der Waals surface area contributed by atoms with Crippen LogP contribution >= 0.6 is 0 Å². The van der Waals surface area contributed by atoms with Crippen molar-refractivity contribution in [1.82, 2.24) is 0 Å². The van der Waals surface area contributed by atoms with Crippen molar-refractivity contribution in [2.45, 2.75) is 88.8 Å². The topological polar surface area (TPSA) is 9.23 Å². The molecule has 0 amide bonds. The Morgan fingerprint density at radius 1 is 1.10 bits per heavy atom. The van der Waals surface area contributed by atoms with Crippen molar-refractivity contribution in [2.24, 2.45) is 11.3 Å². The average Bonchev–Trinajstić information content (AvgIpc) is 3.29. The maximum Gasteiger partial charge on any atom is 0.0974 e. The van der Waals surface area contributed by atoms with Crippen molar-refractivity contribution in [3.63, 3.8) is 0 Å². The summed E-state index contributed by atoms with van der Waals surface area (Å²) < 4.78 is 7.28. The van der Waals surface area contributed by atoms with Gasteiger partial charge in [0.1, 0.15) is 0 Å². The second kappa shape index (κ2) is 6.82. The van der Waals surface area contributed by atoms with E-state index in [0.717, 1.165) is 0 Å². The lowest BCUT2D eigenvalue weighted by molar-refractivity contribution is -0.133. The fourth-order valence-corrected chi connectivity index (χ4v) is 8.23. The number of hydrogen-bond donors (Lipinski definition) is 0. The lowest BCUT2D eigenvalue weighted by atomic mass is 9.58. The van der Waals surface area contributed by atoms with Gasteiger partial charge >= 0.3 is 0 Å². The molecule has 1 nitrogen and oxygen atoms in total. The largest absolute Gasteiger partial charge is 0.359 e. The fraction of sp³-hybridized carbons (Fsp3) is 0.533. The van der Waals surface area contributed by atoms with Crippen LogP contribution in [0.1, 0.15) is 94.2 Å². The highest BCUT2D eigenvalue weighted by molar-refractivity contribution is 5.65. The smallest absolute Gasteiger partial charge is 0.0974 e. The van der Waals surface area contributed by atoms with Gasteiger partial charge in [0.25, 0.3) is 0 Å². The van der Waals surface area contributed by atoms with E-state index in [4.69, 9.17) is 4.74 Å². The van der Waals surface area contributed by atoms with E-state index in [2.05, 4.69) is 62.9 Å². The van der Waals surface area contributed by atoms with Gasteiger partial charge in [-0.25, -0.2) is 0 Å². The zero-order valence-corrected chi connectivity index (χ0v) is 19.3. The van der Waals surface area contributed by atoms with Gasteiger partial charge in [0.05, 0.1) is 11.2 Å². The zero-order valence-electron chi connectivity index (χ0n) is 19.3. The Hall–Kier alpha value is -1.86. The van der Waals surface area contributed by atoms with E-state index >= 15 is 0 Å². The third kappa shape index (κ3) is 2.59. The molecule has 2 heterocycles. The number of allylic oxidation sites excluding steroid dienone is 2. The Balaban J connectivity index is 1.40. The molecule has 3 aliphatic carbocycles. The minimum atomic E-state index is -0.0191. The van der Waals surface area contributed by atoms with Gasteiger partial charge in [0.2, 0.25) is 0 Å². The Kier molecular flexibility index (Phi) is 4.35. The van der Waals surface area contributed by atoms with Crippen LogP contribution in [0.5, 0.6) is 0 Å². The molecule has 3 fully saturated rings. The van der Waals surface area contributed by atoms with Crippen molar-refractivity contribution in [3.05, 3.63) is 70.8 Å². The SMILES string of the molecule is C=Cc1cc(C2CCC3C2(C)CC=C2C=C4CCCC[C@]45CC[C@@]23O5)ccc1/C=C\C. The number of ether oxygens (including phenoxy) is 1. The summed E-state index contributed by atoms with van der Waals surface area (Å²) >= 11 is 0. The van der Waals surface area contributed by atoms with E-state index in [0.29, 0.717) is 11.8 Å². The minimum Gasteiger partial charge on any atom is -0.359 e. The van der Waals surface area contributed by atoms with Crippen LogP contribution in [0, 0.1) is 11.3 Å². The molecular formula is C30H36O. The first-order chi connectivity index (χ1) is 15.0. The molecule has 0 aromatic heterocycles. The average molecular weight is 413 g/mol. The molecule has 1 heteroatoms. The lowest BCUT2D eigenvalue weighted by Gasteiger charge is -2.54. The zero-order chi connectivity index (χ0) is 21.3. The van der Waals surface area contributed by atoms with Gasteiger partial charge < -0.3 is 4.74 Å². The van der Waals surface area contributed by atoms with Gasteiger partial charge in [-0.1, -0.05) is 62.1 Å². The number of hydrogen-bond acceptors (Lipinski definition) is 1. The lowest BCUT2D eigenvalue weighted by Crippen LogP contribution is -2.53. The van der Waals surface area contributed by atoms with Crippen LogP contribution in [0.15, 0.2) is 54.2 Å². The van der Waals surface area contributed by atoms with Gasteiger partial charge in [-0.15, -0.1) is 0 Å². The van der Waals surface area contributed by atoms with Gasteiger partial charge in [0, 0.05) is 0 Å². The molecule has 31 heavy (non-hydrogen) atoms. The van der Waals surface area contributed by atoms with Crippen molar-refractivity contribution >= 4 is 12.2 Å². The quantitative estimate of drug-likeness (QED) is 0.489. The third-order valence-electron chi connectivity index (χ3n) is 9.70. The Morgan fingerprint density at radius 3 is 2.84 bits per heavy atom. The van der Waals surface area contributed by atoms with E-state index < -0.39 is 0 Å². The van der Waals surface area contributed by atoms with Crippen LogP contribution in [-0.4, -0.2) is 11.2 Å². The molecule has 5 atom stereocenters. The monoisotopic (exact) mass is 412 g/mol. The van der Waals surface area contributed by atoms with Crippen LogP contribution in [0.3, 0.4) is 0 Å². The van der Waals surface area contributed by atoms with Crippen molar-refractivity contribution < 1.29 is 4.74 Å². The molecule has 1 aromatic carbocycles. The predicted molar refractivity (Wildman–Crippen MR) is 130 cm³/mol. The maximum atomic E-state index is 7.28. The first-order valence-corrected chi connectivity index (χ1v) is 12.6. The summed E-state index contributed by atoms with van der Waals surface area (Å²) in [5.41, 5.74) is 7.52. The number of fused-ring (bicyclic) bond motifs is 1. The summed E-state index contributed by atoms with van der Waals surface area (Å²) in [7, 11) is 0. The molecule has 2 saturated carbocycles. The van der Waals surface area contributed by atoms with Crippen molar-refractivity contribution in [2.75, 3.05) is 0 Å². The summed E-state index contributed by atoms with van der Waals surface area (Å²) in [6, 6.07) is 7.09. The van der Waals surface area contributed by atoms with E-state index in [-0.39, 0.29) is 16.6 Å². The highest BCUT2D eigenvalue weighted by atomic mass is 16.5. The molecule has 2 spiro atoms. The molecule has 1 aromatic rings. The van der Waals surface area contributed by atoms with Crippen LogP contribution < -0.4 is 0 Å². The molecule has 0 radical (unpaired) electrons. The Labute approximate surface area is 188 Å². The maximum absolute atomic E-state index is 7.28. The van der Waals surface area contributed by atoms with E-state index in [9.17, 15) is 0 Å². The second-order valence-electron chi connectivity index (χ2n) is 11.0. The van der Waals surface area contributed by atoms with Crippen molar-refractivity contribution in [3.8, 4) is 0 Å². The molecule has 2 bridgehead atoms. The third-order valence-corrected chi connectivity index (χ3v) is 9.70. The molecule has 6 rings (SSSR count). The summed E-state index contributed by atoms with van der Waals surface area (Å²) in [4.78, 5) is 0. The minimum absolute atomic E-state index is 0.0191. The van der Waals surface area contributed by atoms with Crippen LogP contribution in [0.4, 0.5) is 0 Å². The molecule has 0 N–H and O–H groups in total. The van der Waals surface area contributed by atoms with Crippen LogP contribution in [0.2, 0.25) is 0 Å². The van der Waals surface area contributed by atoms with Crippen LogP contribution in [0.25, 0.3) is 12.2 Å². The van der Waals surface area contributed by atoms with Gasteiger partial charge in [0.15, 0.2) is 0 Å². The highest BCUT2D eigenvalue weighted by Gasteiger charge is 2.66. The second-order valence-corrected chi connectivity index (χ2v) is 11.0. The molecule has 162 valence electrons. The van der Waals surface area contributed by atoms with Crippen LogP contribution in [-0.2, 0) is 4.74 Å². The molecule has 2 aliphatic heterocycles. The summed E-state index contributed by atoms with van der Waals surface area (Å²) in [5.74, 6) is 1.23. The first-order valence-electron chi connectivity index (χ1n) is 12.6. The van der Waals surface area contributed by atoms with E-state index in [1.165, 1.54) is 80.1 Å². The molecule has 1 saturated heterocycles. The Bertz CT molecular complexity index is 1020. The predicted octanol–water partition coefficient (Wildman–Crippen LogP) is 7.99. The van der Waals surface area contributed by atoms with E-state index in [1.54, 1.807) is 5.57 Å². The summed E-state index contributed by atoms with van der Waals surface area (Å²) in [5, 5.41) is 0. The highest BCUT2D eigenvalue weighted by Crippen LogP contribution is 2.69. The molecular weight excluding hydrogens is 376 g/mol. The van der Waals surface area contributed by atoms with Gasteiger partial charge in [-0.3, -0.25) is 0 Å².